The number of nitrogens with one attached hydrogen (secondary N) is 2. The summed E-state index contributed by atoms with van der Waals surface area (Å²) < 4.78 is 11.2. The number of amides is 3. The van der Waals surface area contributed by atoms with E-state index < -0.39 is 16.6 Å². The zero-order chi connectivity index (χ0) is 33.2. The highest BCUT2D eigenvalue weighted by Gasteiger charge is 2.37. The average Bonchev–Trinajstić information content (AvgIpc) is 2.93. The topological polar surface area (TPSA) is 166 Å². The van der Waals surface area contributed by atoms with Crippen molar-refractivity contribution in [3.05, 3.63) is 0 Å². The van der Waals surface area contributed by atoms with Crippen LogP contribution >= 0.6 is 0 Å². The molecule has 6 N–H and O–H groups in total. The Hall–Kier alpha value is -2.40. The summed E-state index contributed by atoms with van der Waals surface area (Å²) in [5.74, 6) is -0.147. The number of rotatable bonds is 19. The Bertz CT molecular complexity index is 847. The highest BCUT2D eigenvalue weighted by atomic mass is 16.6. The SMILES string of the molecule is CC(C)(C)OC(=O)CCC(CNC(=O)CCCCCN)(CNC(=O)CCCCCN)CC1CCN(C(=O)OC(C)(C)C)CC1. The number of carbonyl (C=O) groups excluding carboxylic acids is 4. The molecular formula is C33H63N5O6. The van der Waals surface area contributed by atoms with E-state index in [2.05, 4.69) is 10.6 Å². The molecule has 1 heterocycles. The van der Waals surface area contributed by atoms with Crippen molar-refractivity contribution in [3.8, 4) is 0 Å². The Labute approximate surface area is 266 Å². The van der Waals surface area contributed by atoms with E-state index in [1.165, 1.54) is 0 Å². The second-order valence-electron chi connectivity index (χ2n) is 14.5. The molecule has 256 valence electrons. The van der Waals surface area contributed by atoms with Gasteiger partial charge >= 0.3 is 12.1 Å². The van der Waals surface area contributed by atoms with Gasteiger partial charge in [0.25, 0.3) is 0 Å². The third-order valence-electron chi connectivity index (χ3n) is 7.80. The molecule has 0 radical (unpaired) electrons. The van der Waals surface area contributed by atoms with Crippen LogP contribution in [-0.4, -0.2) is 79.2 Å². The monoisotopic (exact) mass is 625 g/mol. The van der Waals surface area contributed by atoms with Crippen molar-refractivity contribution in [3.63, 3.8) is 0 Å². The van der Waals surface area contributed by atoms with Crippen LogP contribution in [0.3, 0.4) is 0 Å². The number of nitrogens with two attached hydrogens (primary N) is 2. The first-order valence-electron chi connectivity index (χ1n) is 16.7. The third kappa shape index (κ3) is 18.4. The fraction of sp³-hybridized carbons (Fsp3) is 0.879. The zero-order valence-corrected chi connectivity index (χ0v) is 28.6. The molecule has 3 amide bonds. The van der Waals surface area contributed by atoms with Gasteiger partial charge in [-0.15, -0.1) is 0 Å². The van der Waals surface area contributed by atoms with Gasteiger partial charge in [-0.25, -0.2) is 4.79 Å². The van der Waals surface area contributed by atoms with E-state index in [1.54, 1.807) is 4.90 Å². The van der Waals surface area contributed by atoms with Crippen LogP contribution in [0.15, 0.2) is 0 Å². The summed E-state index contributed by atoms with van der Waals surface area (Å²) in [7, 11) is 0. The summed E-state index contributed by atoms with van der Waals surface area (Å²) in [5.41, 5.74) is 9.46. The minimum absolute atomic E-state index is 0.0449. The number of hydrogen-bond acceptors (Lipinski definition) is 8. The molecule has 0 atom stereocenters. The number of likely N-dealkylation sites (tertiary alicyclic amines) is 1. The second kappa shape index (κ2) is 19.9. The predicted molar refractivity (Wildman–Crippen MR) is 174 cm³/mol. The van der Waals surface area contributed by atoms with Crippen LogP contribution in [0.5, 0.6) is 0 Å². The van der Waals surface area contributed by atoms with Gasteiger partial charge in [-0.2, -0.15) is 0 Å². The Balaban J connectivity index is 3.08. The lowest BCUT2D eigenvalue weighted by atomic mass is 9.73. The van der Waals surface area contributed by atoms with E-state index in [-0.39, 0.29) is 36.2 Å². The highest BCUT2D eigenvalue weighted by Crippen LogP contribution is 2.36. The van der Waals surface area contributed by atoms with Crippen LogP contribution < -0.4 is 22.1 Å². The smallest absolute Gasteiger partial charge is 0.410 e. The van der Waals surface area contributed by atoms with E-state index in [9.17, 15) is 19.2 Å². The van der Waals surface area contributed by atoms with Crippen LogP contribution in [0, 0.1) is 11.3 Å². The normalized spacial score (nSPS) is 14.7. The van der Waals surface area contributed by atoms with Crippen molar-refractivity contribution < 1.29 is 28.7 Å². The molecule has 44 heavy (non-hydrogen) atoms. The zero-order valence-electron chi connectivity index (χ0n) is 28.6. The number of unbranched alkanes of at least 4 members (excludes halogenated alkanes) is 4. The van der Waals surface area contributed by atoms with Gasteiger partial charge in [0, 0.05) is 50.9 Å². The Morgan fingerprint density at radius 3 is 1.61 bits per heavy atom. The van der Waals surface area contributed by atoms with Crippen LogP contribution in [0.4, 0.5) is 4.79 Å². The van der Waals surface area contributed by atoms with Gasteiger partial charge in [0.2, 0.25) is 11.8 Å². The van der Waals surface area contributed by atoms with Gasteiger partial charge in [0.15, 0.2) is 0 Å². The van der Waals surface area contributed by atoms with Crippen molar-refractivity contribution in [1.29, 1.82) is 0 Å². The van der Waals surface area contributed by atoms with Crippen molar-refractivity contribution in [2.45, 2.75) is 136 Å². The van der Waals surface area contributed by atoms with Crippen LogP contribution in [0.1, 0.15) is 125 Å². The largest absolute Gasteiger partial charge is 0.460 e. The van der Waals surface area contributed by atoms with Crippen molar-refractivity contribution in [2.75, 3.05) is 39.3 Å². The maximum absolute atomic E-state index is 12.9. The molecule has 0 aromatic carbocycles. The molecule has 0 bridgehead atoms. The average molecular weight is 626 g/mol. The predicted octanol–water partition coefficient (Wildman–Crippen LogP) is 4.40. The first-order chi connectivity index (χ1) is 20.6. The number of nitrogens with zero attached hydrogens (tertiary/aromatic N) is 1. The van der Waals surface area contributed by atoms with Crippen molar-refractivity contribution in [1.82, 2.24) is 15.5 Å². The Morgan fingerprint density at radius 2 is 1.18 bits per heavy atom. The molecule has 1 aliphatic heterocycles. The lowest BCUT2D eigenvalue weighted by Crippen LogP contribution is -2.48. The maximum atomic E-state index is 12.9. The lowest BCUT2D eigenvalue weighted by molar-refractivity contribution is -0.155. The molecule has 0 aromatic rings. The van der Waals surface area contributed by atoms with E-state index in [4.69, 9.17) is 20.9 Å². The standard InChI is InChI=1S/C33H63N5O6/c1-31(2,3)43-29(41)15-18-33(24-36-27(39)13-9-7-11-19-34,25-37-28(40)14-10-8-12-20-35)23-26-16-21-38(22-17-26)30(42)44-32(4,5)6/h26H,7-25,34-35H2,1-6H3,(H,36,39)(H,37,40). The molecule has 0 saturated carbocycles. The number of ether oxygens (including phenoxy) is 2. The van der Waals surface area contributed by atoms with Gasteiger partial charge in [-0.3, -0.25) is 14.4 Å². The maximum Gasteiger partial charge on any atom is 0.410 e. The van der Waals surface area contributed by atoms with Crippen molar-refractivity contribution >= 4 is 23.9 Å². The number of hydrogen-bond donors (Lipinski definition) is 4. The van der Waals surface area contributed by atoms with E-state index in [0.717, 1.165) is 51.4 Å². The molecule has 0 aliphatic carbocycles. The summed E-state index contributed by atoms with van der Waals surface area (Å²) in [4.78, 5) is 52.9. The van der Waals surface area contributed by atoms with E-state index >= 15 is 0 Å². The lowest BCUT2D eigenvalue weighted by Gasteiger charge is -2.40. The van der Waals surface area contributed by atoms with Crippen LogP contribution in [0.2, 0.25) is 0 Å². The molecule has 0 unspecified atom stereocenters. The molecule has 1 fully saturated rings. The fourth-order valence-corrected chi connectivity index (χ4v) is 5.47. The van der Waals surface area contributed by atoms with Crippen LogP contribution in [0.25, 0.3) is 0 Å². The van der Waals surface area contributed by atoms with E-state index in [0.29, 0.717) is 65.0 Å². The minimum atomic E-state index is -0.607. The van der Waals surface area contributed by atoms with Gasteiger partial charge in [0.05, 0.1) is 0 Å². The molecule has 11 nitrogen and oxygen atoms in total. The van der Waals surface area contributed by atoms with E-state index in [1.807, 2.05) is 41.5 Å². The molecule has 1 saturated heterocycles. The summed E-state index contributed by atoms with van der Waals surface area (Å²) in [6, 6.07) is 0. The fourth-order valence-electron chi connectivity index (χ4n) is 5.47. The molecule has 11 heteroatoms. The molecule has 1 aliphatic rings. The summed E-state index contributed by atoms with van der Waals surface area (Å²) in [6.45, 7) is 14.1. The van der Waals surface area contributed by atoms with Gasteiger partial charge in [-0.05, 0) is 112 Å². The van der Waals surface area contributed by atoms with Crippen LogP contribution in [-0.2, 0) is 23.9 Å². The Morgan fingerprint density at radius 1 is 0.705 bits per heavy atom. The molecule has 1 rings (SSSR count). The minimum Gasteiger partial charge on any atom is -0.460 e. The highest BCUT2D eigenvalue weighted by molar-refractivity contribution is 5.76. The number of esters is 1. The number of carbonyl (C=O) groups is 4. The Kier molecular flexibility index (Phi) is 17.9. The summed E-state index contributed by atoms with van der Waals surface area (Å²) in [5, 5.41) is 6.25. The van der Waals surface area contributed by atoms with Gasteiger partial charge in [-0.1, -0.05) is 12.8 Å². The second-order valence-corrected chi connectivity index (χ2v) is 14.5. The number of piperidine rings is 1. The quantitative estimate of drug-likeness (QED) is 0.121. The molecule has 0 spiro atoms. The van der Waals surface area contributed by atoms with Gasteiger partial charge < -0.3 is 36.5 Å². The van der Waals surface area contributed by atoms with Gasteiger partial charge in [0.1, 0.15) is 11.2 Å². The summed E-state index contributed by atoms with van der Waals surface area (Å²) in [6.07, 6.45) is 8.44. The third-order valence-corrected chi connectivity index (χ3v) is 7.80. The first-order valence-corrected chi connectivity index (χ1v) is 16.7. The summed E-state index contributed by atoms with van der Waals surface area (Å²) >= 11 is 0. The molecule has 0 aromatic heterocycles. The molecular weight excluding hydrogens is 562 g/mol. The first kappa shape index (κ1) is 39.6. The van der Waals surface area contributed by atoms with Crippen molar-refractivity contribution in [2.24, 2.45) is 22.8 Å².